The van der Waals surface area contributed by atoms with E-state index in [4.69, 9.17) is 11.6 Å². The van der Waals surface area contributed by atoms with Gasteiger partial charge in [0.2, 0.25) is 5.28 Å². The fourth-order valence-electron chi connectivity index (χ4n) is 1.18. The molecule has 0 aliphatic heterocycles. The topological polar surface area (TPSA) is 56.5 Å². The maximum atomic E-state index is 5.67. The third-order valence-corrected chi connectivity index (χ3v) is 1.89. The lowest BCUT2D eigenvalue weighted by Crippen LogP contribution is -2.02. The van der Waals surface area contributed by atoms with Gasteiger partial charge in [-0.3, -0.25) is 0 Å². The Labute approximate surface area is 85.8 Å². The molecule has 0 aliphatic rings. The van der Waals surface area contributed by atoms with Gasteiger partial charge in [-0.2, -0.15) is 9.67 Å². The third kappa shape index (κ3) is 1.58. The summed E-state index contributed by atoms with van der Waals surface area (Å²) in [7, 11) is 0. The molecule has 0 N–H and O–H groups in total. The molecule has 0 bridgehead atoms. The maximum absolute atomic E-state index is 5.67. The van der Waals surface area contributed by atoms with E-state index in [0.717, 1.165) is 5.82 Å². The quantitative estimate of drug-likeness (QED) is 0.665. The van der Waals surface area contributed by atoms with E-state index in [9.17, 15) is 0 Å². The zero-order valence-corrected chi connectivity index (χ0v) is 8.52. The fraction of sp³-hybridized carbons (Fsp3) is 0.250. The molecule has 2 aromatic heterocycles. The van der Waals surface area contributed by atoms with Crippen molar-refractivity contribution in [3.63, 3.8) is 0 Å². The van der Waals surface area contributed by atoms with Crippen LogP contribution in [0.25, 0.3) is 5.82 Å². The first-order chi connectivity index (χ1) is 6.66. The number of rotatable bonds is 1. The summed E-state index contributed by atoms with van der Waals surface area (Å²) in [4.78, 5) is 12.0. The zero-order chi connectivity index (χ0) is 10.1. The highest BCUT2D eigenvalue weighted by Crippen LogP contribution is 2.07. The Bertz CT molecular complexity index is 465. The van der Waals surface area contributed by atoms with Crippen molar-refractivity contribution in [1.29, 1.82) is 0 Å². The first kappa shape index (κ1) is 9.08. The minimum Gasteiger partial charge on any atom is -0.226 e. The molecule has 72 valence electrons. The largest absolute Gasteiger partial charge is 0.226 e. The second-order valence-electron chi connectivity index (χ2n) is 2.80. The van der Waals surface area contributed by atoms with Gasteiger partial charge in [0.15, 0.2) is 5.82 Å². The summed E-state index contributed by atoms with van der Waals surface area (Å²) in [5.41, 5.74) is 0. The third-order valence-electron chi connectivity index (χ3n) is 1.70. The van der Waals surface area contributed by atoms with E-state index in [1.54, 1.807) is 16.9 Å². The van der Waals surface area contributed by atoms with Gasteiger partial charge in [0.05, 0.1) is 0 Å². The molecule has 0 amide bonds. The van der Waals surface area contributed by atoms with E-state index < -0.39 is 0 Å². The van der Waals surface area contributed by atoms with Crippen LogP contribution in [0.3, 0.4) is 0 Å². The van der Waals surface area contributed by atoms with Crippen molar-refractivity contribution in [2.75, 3.05) is 0 Å². The number of aromatic nitrogens is 5. The van der Waals surface area contributed by atoms with Crippen molar-refractivity contribution >= 4 is 11.6 Å². The van der Waals surface area contributed by atoms with E-state index >= 15 is 0 Å². The number of aryl methyl sites for hydroxylation is 2. The maximum Gasteiger partial charge on any atom is 0.224 e. The molecule has 0 saturated heterocycles. The van der Waals surface area contributed by atoms with E-state index in [2.05, 4.69) is 20.1 Å². The molecule has 5 nitrogen and oxygen atoms in total. The minimum absolute atomic E-state index is 0.204. The lowest BCUT2D eigenvalue weighted by molar-refractivity contribution is 0.798. The second-order valence-corrected chi connectivity index (χ2v) is 3.14. The Balaban J connectivity index is 2.54. The van der Waals surface area contributed by atoms with Gasteiger partial charge in [-0.25, -0.2) is 9.97 Å². The lowest BCUT2D eigenvalue weighted by Gasteiger charge is -2.00. The minimum atomic E-state index is 0.204. The van der Waals surface area contributed by atoms with E-state index in [1.165, 1.54) is 0 Å². The van der Waals surface area contributed by atoms with Crippen molar-refractivity contribution in [2.45, 2.75) is 13.8 Å². The lowest BCUT2D eigenvalue weighted by atomic mass is 10.5. The molecule has 0 aromatic carbocycles. The average molecular weight is 210 g/mol. The molecule has 0 fully saturated rings. The number of hydrogen-bond acceptors (Lipinski definition) is 4. The van der Waals surface area contributed by atoms with Gasteiger partial charge < -0.3 is 0 Å². The van der Waals surface area contributed by atoms with Crippen LogP contribution in [0, 0.1) is 13.8 Å². The average Bonchev–Trinajstić information content (AvgIpc) is 2.45. The highest BCUT2D eigenvalue weighted by molar-refractivity contribution is 6.28. The summed E-state index contributed by atoms with van der Waals surface area (Å²) in [6.07, 6.45) is 1.58. The van der Waals surface area contributed by atoms with Gasteiger partial charge in [-0.15, -0.1) is 5.10 Å². The first-order valence-electron chi connectivity index (χ1n) is 4.06. The molecule has 0 spiro atoms. The molecule has 0 aliphatic carbocycles. The van der Waals surface area contributed by atoms with Gasteiger partial charge >= 0.3 is 0 Å². The first-order valence-corrected chi connectivity index (χ1v) is 4.44. The molecule has 0 atom stereocenters. The van der Waals surface area contributed by atoms with Gasteiger partial charge in [0.25, 0.3) is 0 Å². The predicted octanol–water partition coefficient (Wildman–Crippen LogP) is 1.33. The van der Waals surface area contributed by atoms with E-state index in [0.29, 0.717) is 11.6 Å². The van der Waals surface area contributed by atoms with Gasteiger partial charge in [0.1, 0.15) is 11.6 Å². The van der Waals surface area contributed by atoms with Crippen LogP contribution >= 0.6 is 11.6 Å². The fourth-order valence-corrected chi connectivity index (χ4v) is 1.32. The summed E-state index contributed by atoms with van der Waals surface area (Å²) >= 11 is 5.67. The Morgan fingerprint density at radius 2 is 2.07 bits per heavy atom. The molecular formula is C8H8ClN5. The summed E-state index contributed by atoms with van der Waals surface area (Å²) in [6.45, 7) is 3.68. The highest BCUT2D eigenvalue weighted by Gasteiger charge is 2.06. The van der Waals surface area contributed by atoms with Crippen molar-refractivity contribution in [2.24, 2.45) is 0 Å². The van der Waals surface area contributed by atoms with E-state index in [1.807, 2.05) is 13.8 Å². The van der Waals surface area contributed by atoms with E-state index in [-0.39, 0.29) is 5.28 Å². The Kier molecular flexibility index (Phi) is 2.17. The highest BCUT2D eigenvalue weighted by atomic mass is 35.5. The SMILES string of the molecule is Cc1nc(C)n(-c2ccnc(Cl)n2)n1. The molecule has 0 unspecified atom stereocenters. The van der Waals surface area contributed by atoms with Crippen molar-refractivity contribution in [3.05, 3.63) is 29.2 Å². The normalized spacial score (nSPS) is 10.5. The summed E-state index contributed by atoms with van der Waals surface area (Å²) < 4.78 is 1.63. The predicted molar refractivity (Wildman–Crippen MR) is 51.4 cm³/mol. The summed E-state index contributed by atoms with van der Waals surface area (Å²) in [6, 6.07) is 1.73. The number of halogens is 1. The number of nitrogens with zero attached hydrogens (tertiary/aromatic N) is 5. The van der Waals surface area contributed by atoms with Gasteiger partial charge in [-0.05, 0) is 25.4 Å². The zero-order valence-electron chi connectivity index (χ0n) is 7.77. The molecule has 6 heteroatoms. The van der Waals surface area contributed by atoms with Crippen LogP contribution < -0.4 is 0 Å². The molecule has 2 rings (SSSR count). The molecule has 0 saturated carbocycles. The standard InChI is InChI=1S/C8H8ClN5/c1-5-11-6(2)14(13-5)7-3-4-10-8(9)12-7/h3-4H,1-2H3. The van der Waals surface area contributed by atoms with Crippen LogP contribution in [0.15, 0.2) is 12.3 Å². The van der Waals surface area contributed by atoms with Crippen LogP contribution in [0.4, 0.5) is 0 Å². The molecule has 2 heterocycles. The molecule has 2 aromatic rings. The van der Waals surface area contributed by atoms with Crippen LogP contribution in [-0.2, 0) is 0 Å². The molecule has 0 radical (unpaired) electrons. The Morgan fingerprint density at radius 1 is 1.29 bits per heavy atom. The summed E-state index contributed by atoms with van der Waals surface area (Å²) in [5.74, 6) is 2.11. The van der Waals surface area contributed by atoms with Crippen LogP contribution in [0.5, 0.6) is 0 Å². The monoisotopic (exact) mass is 209 g/mol. The van der Waals surface area contributed by atoms with Gasteiger partial charge in [-0.1, -0.05) is 0 Å². The van der Waals surface area contributed by atoms with Crippen molar-refractivity contribution in [1.82, 2.24) is 24.7 Å². The molecule has 14 heavy (non-hydrogen) atoms. The van der Waals surface area contributed by atoms with Gasteiger partial charge in [0, 0.05) is 12.3 Å². The Hall–Kier alpha value is -1.49. The Morgan fingerprint density at radius 3 is 2.64 bits per heavy atom. The summed E-state index contributed by atoms with van der Waals surface area (Å²) in [5, 5.41) is 4.38. The van der Waals surface area contributed by atoms with Crippen LogP contribution in [-0.4, -0.2) is 24.7 Å². The van der Waals surface area contributed by atoms with Crippen LogP contribution in [0.2, 0.25) is 5.28 Å². The molecular weight excluding hydrogens is 202 g/mol. The van der Waals surface area contributed by atoms with Crippen LogP contribution in [0.1, 0.15) is 11.6 Å². The number of hydrogen-bond donors (Lipinski definition) is 0. The smallest absolute Gasteiger partial charge is 0.224 e. The second kappa shape index (κ2) is 3.34. The van der Waals surface area contributed by atoms with Crippen molar-refractivity contribution < 1.29 is 0 Å². The van der Waals surface area contributed by atoms with Crippen molar-refractivity contribution in [3.8, 4) is 5.82 Å².